The van der Waals surface area contributed by atoms with Gasteiger partial charge in [0.1, 0.15) is 5.54 Å². The maximum absolute atomic E-state index is 13.0. The van der Waals surface area contributed by atoms with Crippen LogP contribution in [0.5, 0.6) is 0 Å². The molecule has 1 aromatic rings. The SMILES string of the molecule is CCC1(C)NC(=O)c2ccccc2N(CCC2CC2)C1=O. The number of amides is 2. The largest absolute Gasteiger partial charge is 0.338 e. The van der Waals surface area contributed by atoms with Gasteiger partial charge in [0.25, 0.3) is 11.8 Å². The molecule has 2 aliphatic rings. The average molecular weight is 286 g/mol. The first-order valence-corrected chi connectivity index (χ1v) is 7.78. The topological polar surface area (TPSA) is 49.4 Å². The summed E-state index contributed by atoms with van der Waals surface area (Å²) in [6, 6.07) is 7.40. The number of carbonyl (C=O) groups is 2. The molecular formula is C17H22N2O2. The minimum Gasteiger partial charge on any atom is -0.338 e. The smallest absolute Gasteiger partial charge is 0.254 e. The van der Waals surface area contributed by atoms with E-state index in [-0.39, 0.29) is 11.8 Å². The molecule has 1 fully saturated rings. The van der Waals surface area contributed by atoms with E-state index in [0.29, 0.717) is 18.5 Å². The highest BCUT2D eigenvalue weighted by Gasteiger charge is 2.41. The van der Waals surface area contributed by atoms with Gasteiger partial charge in [0.2, 0.25) is 0 Å². The van der Waals surface area contributed by atoms with Gasteiger partial charge in [0, 0.05) is 6.54 Å². The Labute approximate surface area is 125 Å². The lowest BCUT2D eigenvalue weighted by atomic mass is 9.97. The van der Waals surface area contributed by atoms with Crippen LogP contribution in [0.15, 0.2) is 24.3 Å². The Balaban J connectivity index is 2.00. The van der Waals surface area contributed by atoms with Crippen molar-refractivity contribution >= 4 is 17.5 Å². The van der Waals surface area contributed by atoms with E-state index in [9.17, 15) is 9.59 Å². The lowest BCUT2D eigenvalue weighted by Crippen LogP contribution is -2.55. The average Bonchev–Trinajstić information content (AvgIpc) is 3.31. The molecule has 1 atom stereocenters. The lowest BCUT2D eigenvalue weighted by Gasteiger charge is -2.31. The number of rotatable bonds is 4. The van der Waals surface area contributed by atoms with E-state index in [1.165, 1.54) is 12.8 Å². The third-order valence-electron chi connectivity index (χ3n) is 4.71. The van der Waals surface area contributed by atoms with E-state index in [0.717, 1.165) is 18.0 Å². The second-order valence-electron chi connectivity index (χ2n) is 6.35. The molecule has 112 valence electrons. The summed E-state index contributed by atoms with van der Waals surface area (Å²) < 4.78 is 0. The number of hydrogen-bond donors (Lipinski definition) is 1. The van der Waals surface area contributed by atoms with Crippen molar-refractivity contribution in [3.8, 4) is 0 Å². The Morgan fingerprint density at radius 2 is 2.00 bits per heavy atom. The summed E-state index contributed by atoms with van der Waals surface area (Å²) >= 11 is 0. The zero-order chi connectivity index (χ0) is 15.0. The van der Waals surface area contributed by atoms with Gasteiger partial charge in [0.15, 0.2) is 0 Å². The lowest BCUT2D eigenvalue weighted by molar-refractivity contribution is -0.124. The fourth-order valence-corrected chi connectivity index (χ4v) is 2.86. The van der Waals surface area contributed by atoms with Crippen LogP contribution in [0.1, 0.15) is 49.9 Å². The molecule has 1 aromatic carbocycles. The normalized spacial score (nSPS) is 25.3. The van der Waals surface area contributed by atoms with Crippen LogP contribution in [-0.4, -0.2) is 23.9 Å². The van der Waals surface area contributed by atoms with Crippen LogP contribution in [0.25, 0.3) is 0 Å². The first-order chi connectivity index (χ1) is 10.0. The van der Waals surface area contributed by atoms with Crippen molar-refractivity contribution < 1.29 is 9.59 Å². The van der Waals surface area contributed by atoms with Gasteiger partial charge in [-0.25, -0.2) is 0 Å². The van der Waals surface area contributed by atoms with Crippen LogP contribution in [-0.2, 0) is 4.79 Å². The van der Waals surface area contributed by atoms with Gasteiger partial charge < -0.3 is 10.2 Å². The molecule has 21 heavy (non-hydrogen) atoms. The van der Waals surface area contributed by atoms with Gasteiger partial charge in [-0.05, 0) is 37.8 Å². The standard InChI is InChI=1S/C17H22N2O2/c1-3-17(2)16(21)19(11-10-12-8-9-12)14-7-5-4-6-13(14)15(20)18-17/h4-7,12H,3,8-11H2,1-2H3,(H,18,20). The maximum Gasteiger partial charge on any atom is 0.254 e. The van der Waals surface area contributed by atoms with Gasteiger partial charge in [-0.1, -0.05) is 31.9 Å². The number of hydrogen-bond acceptors (Lipinski definition) is 2. The summed E-state index contributed by atoms with van der Waals surface area (Å²) in [5, 5.41) is 2.91. The highest BCUT2D eigenvalue weighted by molar-refractivity contribution is 6.12. The first kappa shape index (κ1) is 14.1. The molecule has 1 N–H and O–H groups in total. The van der Waals surface area contributed by atoms with Crippen molar-refractivity contribution in [3.05, 3.63) is 29.8 Å². The minimum absolute atomic E-state index is 0.00366. The number of nitrogens with zero attached hydrogens (tertiary/aromatic N) is 1. The van der Waals surface area contributed by atoms with Crippen LogP contribution in [0, 0.1) is 5.92 Å². The molecule has 1 aliphatic carbocycles. The maximum atomic E-state index is 13.0. The Morgan fingerprint density at radius 3 is 2.67 bits per heavy atom. The molecule has 3 rings (SSSR count). The van der Waals surface area contributed by atoms with Crippen LogP contribution in [0.3, 0.4) is 0 Å². The van der Waals surface area contributed by atoms with Crippen LogP contribution in [0.4, 0.5) is 5.69 Å². The molecule has 0 spiro atoms. The van der Waals surface area contributed by atoms with Gasteiger partial charge in [-0.15, -0.1) is 0 Å². The summed E-state index contributed by atoms with van der Waals surface area (Å²) in [5.41, 5.74) is 0.524. The molecule has 1 heterocycles. The van der Waals surface area contributed by atoms with Gasteiger partial charge in [-0.2, -0.15) is 0 Å². The number of anilines is 1. The van der Waals surface area contributed by atoms with Gasteiger partial charge in [-0.3, -0.25) is 9.59 Å². The molecule has 0 bridgehead atoms. The molecule has 1 unspecified atom stereocenters. The highest BCUT2D eigenvalue weighted by Crippen LogP contribution is 2.35. The molecule has 0 saturated heterocycles. The van der Waals surface area contributed by atoms with Crippen LogP contribution < -0.4 is 10.2 Å². The fourth-order valence-electron chi connectivity index (χ4n) is 2.86. The zero-order valence-corrected chi connectivity index (χ0v) is 12.7. The molecule has 2 amide bonds. The van der Waals surface area contributed by atoms with Crippen molar-refractivity contribution in [3.63, 3.8) is 0 Å². The summed E-state index contributed by atoms with van der Waals surface area (Å²) in [5.74, 6) is 0.603. The summed E-state index contributed by atoms with van der Waals surface area (Å²) in [6.07, 6.45) is 4.15. The number of benzene rings is 1. The van der Waals surface area contributed by atoms with Crippen molar-refractivity contribution in [1.82, 2.24) is 5.32 Å². The Hall–Kier alpha value is -1.84. The van der Waals surface area contributed by atoms with E-state index in [1.54, 1.807) is 6.07 Å². The molecule has 0 aromatic heterocycles. The van der Waals surface area contributed by atoms with Crippen LogP contribution >= 0.6 is 0 Å². The van der Waals surface area contributed by atoms with E-state index in [1.807, 2.05) is 36.9 Å². The number of para-hydroxylation sites is 1. The van der Waals surface area contributed by atoms with Crippen LogP contribution in [0.2, 0.25) is 0 Å². The monoisotopic (exact) mass is 286 g/mol. The van der Waals surface area contributed by atoms with Crippen molar-refractivity contribution in [2.24, 2.45) is 5.92 Å². The van der Waals surface area contributed by atoms with E-state index in [2.05, 4.69) is 5.32 Å². The van der Waals surface area contributed by atoms with E-state index >= 15 is 0 Å². The minimum atomic E-state index is -0.820. The predicted octanol–water partition coefficient (Wildman–Crippen LogP) is 2.73. The summed E-state index contributed by atoms with van der Waals surface area (Å²) in [4.78, 5) is 27.2. The molecule has 4 heteroatoms. The van der Waals surface area contributed by atoms with E-state index in [4.69, 9.17) is 0 Å². The molecule has 0 radical (unpaired) electrons. The second kappa shape index (κ2) is 5.17. The second-order valence-corrected chi connectivity index (χ2v) is 6.35. The number of nitrogens with one attached hydrogen (secondary N) is 1. The quantitative estimate of drug-likeness (QED) is 0.925. The summed E-state index contributed by atoms with van der Waals surface area (Å²) in [7, 11) is 0. The third-order valence-corrected chi connectivity index (χ3v) is 4.71. The predicted molar refractivity (Wildman–Crippen MR) is 82.3 cm³/mol. The third kappa shape index (κ3) is 2.55. The van der Waals surface area contributed by atoms with E-state index < -0.39 is 5.54 Å². The number of fused-ring (bicyclic) bond motifs is 1. The fraction of sp³-hybridized carbons (Fsp3) is 0.529. The van der Waals surface area contributed by atoms with Gasteiger partial charge in [0.05, 0.1) is 11.3 Å². The first-order valence-electron chi connectivity index (χ1n) is 7.78. The molecule has 1 saturated carbocycles. The molecule has 4 nitrogen and oxygen atoms in total. The Kier molecular flexibility index (Phi) is 3.47. The van der Waals surface area contributed by atoms with Gasteiger partial charge >= 0.3 is 0 Å². The Morgan fingerprint density at radius 1 is 1.29 bits per heavy atom. The van der Waals surface area contributed by atoms with Crippen molar-refractivity contribution in [2.45, 2.75) is 45.1 Å². The highest BCUT2D eigenvalue weighted by atomic mass is 16.2. The Bertz CT molecular complexity index is 580. The molecular weight excluding hydrogens is 264 g/mol. The van der Waals surface area contributed by atoms with Crippen molar-refractivity contribution in [2.75, 3.05) is 11.4 Å². The van der Waals surface area contributed by atoms with Crippen molar-refractivity contribution in [1.29, 1.82) is 0 Å². The number of carbonyl (C=O) groups excluding carboxylic acids is 2. The molecule has 1 aliphatic heterocycles. The zero-order valence-electron chi connectivity index (χ0n) is 12.7. The summed E-state index contributed by atoms with van der Waals surface area (Å²) in [6.45, 7) is 4.46.